The molecule has 0 bridgehead atoms. The predicted molar refractivity (Wildman–Crippen MR) is 166 cm³/mol. The van der Waals surface area contributed by atoms with Gasteiger partial charge in [-0.2, -0.15) is 0 Å². The third-order valence-electron chi connectivity index (χ3n) is 10.2. The van der Waals surface area contributed by atoms with Crippen LogP contribution in [0.15, 0.2) is 91.0 Å². The van der Waals surface area contributed by atoms with Crippen LogP contribution in [0.3, 0.4) is 0 Å². The second-order valence-corrected chi connectivity index (χ2v) is 21.6. The van der Waals surface area contributed by atoms with Gasteiger partial charge in [-0.25, -0.2) is 0 Å². The Hall–Kier alpha value is -1.73. The van der Waals surface area contributed by atoms with E-state index < -0.39 is 15.6 Å². The molecule has 1 nitrogen and oxygen atoms in total. The van der Waals surface area contributed by atoms with Crippen molar-refractivity contribution in [1.82, 2.24) is 0 Å². The Bertz CT molecular complexity index is 1070. The van der Waals surface area contributed by atoms with Crippen LogP contribution in [0.5, 0.6) is 0 Å². The summed E-state index contributed by atoms with van der Waals surface area (Å²) in [5.41, 5.74) is 0.500. The number of rotatable bonds is 9. The van der Waals surface area contributed by atoms with Gasteiger partial charge in [-0.1, -0.05) is 82.3 Å². The first-order chi connectivity index (χ1) is 17.6. The number of benzene rings is 3. The minimum atomic E-state index is -1.74. The zero-order valence-corrected chi connectivity index (χ0v) is 25.7. The molecule has 4 atom stereocenters. The Morgan fingerprint density at radius 2 is 1.27 bits per heavy atom. The summed E-state index contributed by atoms with van der Waals surface area (Å²) in [6.07, 6.45) is 6.92. The number of fused-ring (bicyclic) bond motifs is 1. The highest BCUT2D eigenvalue weighted by Gasteiger charge is 2.67. The zero-order valence-electron chi connectivity index (χ0n) is 23.8. The lowest BCUT2D eigenvalue weighted by Crippen LogP contribution is -2.44. The lowest BCUT2D eigenvalue weighted by Gasteiger charge is -2.39. The average Bonchev–Trinajstić information content (AvgIpc) is 3.33. The molecule has 0 radical (unpaired) electrons. The predicted octanol–water partition coefficient (Wildman–Crippen LogP) is 8.20. The fourth-order valence-corrected chi connectivity index (χ4v) is 12.7. The smallest absolute Gasteiger partial charge is 0.192 e. The van der Waals surface area contributed by atoms with Crippen LogP contribution in [0.4, 0.5) is 0 Å². The highest BCUT2D eigenvalue weighted by atomic mass is 31.2. The Morgan fingerprint density at radius 1 is 0.811 bits per heavy atom. The first-order valence-corrected chi connectivity index (χ1v) is 19.2. The monoisotopic (exact) mass is 529 g/mol. The first-order valence-electron chi connectivity index (χ1n) is 14.3. The maximum absolute atomic E-state index is 7.01. The van der Waals surface area contributed by atoms with Gasteiger partial charge in [0, 0.05) is 6.10 Å². The molecule has 5 rings (SSSR count). The van der Waals surface area contributed by atoms with Crippen LogP contribution in [0.25, 0.3) is 0 Å². The van der Waals surface area contributed by atoms with E-state index in [1.807, 2.05) is 0 Å². The summed E-state index contributed by atoms with van der Waals surface area (Å²) in [7, 11) is -3.46. The van der Waals surface area contributed by atoms with E-state index in [0.717, 1.165) is 11.8 Å². The summed E-state index contributed by atoms with van der Waals surface area (Å²) in [5.74, 6) is 1.58. The highest BCUT2D eigenvalue weighted by Crippen LogP contribution is 2.71. The molecule has 3 heteroatoms. The highest BCUT2D eigenvalue weighted by molar-refractivity contribution is 7.95. The van der Waals surface area contributed by atoms with Crippen molar-refractivity contribution < 1.29 is 4.43 Å². The van der Waals surface area contributed by atoms with Gasteiger partial charge in [0.1, 0.15) is 23.2 Å². The summed E-state index contributed by atoms with van der Waals surface area (Å²) in [6, 6.07) is 34.1. The average molecular weight is 530 g/mol. The fourth-order valence-electron chi connectivity index (χ4n) is 7.00. The van der Waals surface area contributed by atoms with Crippen molar-refractivity contribution in [3.8, 4) is 0 Å². The normalized spacial score (nSPS) is 25.6. The maximum atomic E-state index is 7.01. The summed E-state index contributed by atoms with van der Waals surface area (Å²) >= 11 is 0. The molecule has 0 amide bonds. The van der Waals surface area contributed by atoms with E-state index in [1.54, 1.807) is 0 Å². The summed E-state index contributed by atoms with van der Waals surface area (Å²) in [4.78, 5) is 0. The lowest BCUT2D eigenvalue weighted by molar-refractivity contribution is 0.156. The van der Waals surface area contributed by atoms with Crippen molar-refractivity contribution in [3.05, 3.63) is 91.0 Å². The van der Waals surface area contributed by atoms with Crippen LogP contribution in [0, 0.1) is 17.3 Å². The van der Waals surface area contributed by atoms with Crippen LogP contribution in [-0.4, -0.2) is 20.6 Å². The molecule has 2 aliphatic carbocycles. The molecule has 0 aliphatic heterocycles. The Kier molecular flexibility index (Phi) is 7.33. The van der Waals surface area contributed by atoms with Gasteiger partial charge >= 0.3 is 0 Å². The molecule has 0 saturated heterocycles. The van der Waals surface area contributed by atoms with E-state index in [2.05, 4.69) is 132 Å². The molecule has 0 heterocycles. The molecule has 3 aromatic carbocycles. The molecule has 2 aliphatic rings. The molecule has 2 fully saturated rings. The van der Waals surface area contributed by atoms with Gasteiger partial charge in [-0.05, 0) is 97.5 Å². The van der Waals surface area contributed by atoms with Crippen molar-refractivity contribution in [2.45, 2.75) is 77.6 Å². The third kappa shape index (κ3) is 4.91. The fraction of sp³-hybridized carbons (Fsp3) is 0.471. The molecule has 0 unspecified atom stereocenters. The van der Waals surface area contributed by atoms with E-state index in [0.29, 0.717) is 11.5 Å². The Balaban J connectivity index is 1.39. The van der Waals surface area contributed by atoms with E-state index in [1.165, 1.54) is 47.8 Å². The first kappa shape index (κ1) is 26.9. The molecule has 3 aromatic rings. The molecule has 2 saturated carbocycles. The molecule has 37 heavy (non-hydrogen) atoms. The molecule has 0 spiro atoms. The van der Waals surface area contributed by atoms with E-state index in [4.69, 9.17) is 4.43 Å². The van der Waals surface area contributed by atoms with Gasteiger partial charge < -0.3 is 4.43 Å². The standard InChI is InChI=1S/C34H46OPSi/c1-33(2,3)37(5,6)35-31-24-25-34(4)30(32(31)34)23-16-26-36(27-17-10-7-11-18-27,28-19-12-8-13-20-28)29-21-14-9-15-22-29/h7-15,17-22,30-32H,16,23-26H2,1-6H3/q+1/t30-,31+,32-,34-/m1/s1. The van der Waals surface area contributed by atoms with Gasteiger partial charge in [0.15, 0.2) is 8.32 Å². The largest absolute Gasteiger partial charge is 0.414 e. The van der Waals surface area contributed by atoms with Gasteiger partial charge in [0.05, 0.1) is 6.16 Å². The summed E-state index contributed by atoms with van der Waals surface area (Å²) in [6.45, 7) is 14.5. The lowest BCUT2D eigenvalue weighted by atomic mass is 9.99. The van der Waals surface area contributed by atoms with Crippen LogP contribution in [0.2, 0.25) is 18.1 Å². The summed E-state index contributed by atoms with van der Waals surface area (Å²) in [5, 5.41) is 4.80. The Morgan fingerprint density at radius 3 is 1.70 bits per heavy atom. The van der Waals surface area contributed by atoms with E-state index >= 15 is 0 Å². The molecular weight excluding hydrogens is 483 g/mol. The molecule has 196 valence electrons. The van der Waals surface area contributed by atoms with Gasteiger partial charge in [-0.15, -0.1) is 0 Å². The van der Waals surface area contributed by atoms with E-state index in [9.17, 15) is 0 Å². The van der Waals surface area contributed by atoms with E-state index in [-0.39, 0.29) is 5.04 Å². The van der Waals surface area contributed by atoms with Crippen LogP contribution >= 0.6 is 7.26 Å². The zero-order chi connectivity index (χ0) is 26.3. The third-order valence-corrected chi connectivity index (χ3v) is 19.2. The second kappa shape index (κ2) is 10.1. The topological polar surface area (TPSA) is 9.23 Å². The van der Waals surface area contributed by atoms with Crippen LogP contribution in [0.1, 0.15) is 53.4 Å². The molecule has 0 aromatic heterocycles. The molecular formula is C34H46OPSi+. The van der Waals surface area contributed by atoms with Crippen molar-refractivity contribution in [3.63, 3.8) is 0 Å². The number of hydrogen-bond acceptors (Lipinski definition) is 1. The van der Waals surface area contributed by atoms with Crippen molar-refractivity contribution in [2.75, 3.05) is 6.16 Å². The summed E-state index contributed by atoms with van der Waals surface area (Å²) < 4.78 is 7.01. The van der Waals surface area contributed by atoms with Crippen molar-refractivity contribution in [1.29, 1.82) is 0 Å². The van der Waals surface area contributed by atoms with Gasteiger partial charge in [-0.3, -0.25) is 0 Å². The minimum absolute atomic E-state index is 0.279. The second-order valence-electron chi connectivity index (χ2n) is 13.3. The minimum Gasteiger partial charge on any atom is -0.414 e. The van der Waals surface area contributed by atoms with Gasteiger partial charge in [0.2, 0.25) is 0 Å². The quantitative estimate of drug-likeness (QED) is 0.200. The Labute approximate surface area is 227 Å². The SMILES string of the molecule is CC(C)(C)[Si](C)(C)O[C@H]1CC[C@@]2(C)[C@@H]1[C@H]2CCC[P+](c1ccccc1)(c1ccccc1)c1ccccc1. The van der Waals surface area contributed by atoms with Crippen molar-refractivity contribution in [2.24, 2.45) is 17.3 Å². The van der Waals surface area contributed by atoms with Crippen molar-refractivity contribution >= 4 is 31.5 Å². The maximum Gasteiger partial charge on any atom is 0.192 e. The van der Waals surface area contributed by atoms with Crippen LogP contribution < -0.4 is 15.9 Å². The molecule has 0 N–H and O–H groups in total. The van der Waals surface area contributed by atoms with Gasteiger partial charge in [0.25, 0.3) is 0 Å². The number of hydrogen-bond donors (Lipinski definition) is 0. The van der Waals surface area contributed by atoms with Crippen LogP contribution in [-0.2, 0) is 4.43 Å².